The van der Waals surface area contributed by atoms with Crippen LogP contribution in [0.25, 0.3) is 0 Å². The summed E-state index contributed by atoms with van der Waals surface area (Å²) in [6.07, 6.45) is 2.65. The SMILES string of the molecule is CCc1nc2n(n1)CCCC2NC(=O)NC(C)C(C)CO. The Hall–Kier alpha value is -1.63. The number of rotatable bonds is 5. The first kappa shape index (κ1) is 15.8. The van der Waals surface area contributed by atoms with Crippen molar-refractivity contribution in [2.45, 2.75) is 58.7 Å². The highest BCUT2D eigenvalue weighted by molar-refractivity contribution is 5.74. The van der Waals surface area contributed by atoms with Gasteiger partial charge in [0.1, 0.15) is 5.82 Å². The van der Waals surface area contributed by atoms with Gasteiger partial charge in [0.15, 0.2) is 5.82 Å². The number of aromatic nitrogens is 3. The Morgan fingerprint density at radius 2 is 2.29 bits per heavy atom. The number of aliphatic hydroxyl groups excluding tert-OH is 1. The first-order chi connectivity index (χ1) is 10.0. The zero-order chi connectivity index (χ0) is 15.4. The predicted octanol–water partition coefficient (Wildman–Crippen LogP) is 0.991. The molecule has 118 valence electrons. The second-order valence-corrected chi connectivity index (χ2v) is 5.72. The molecule has 1 aliphatic rings. The van der Waals surface area contributed by atoms with Crippen LogP contribution in [0.5, 0.6) is 0 Å². The van der Waals surface area contributed by atoms with Gasteiger partial charge in [-0.15, -0.1) is 0 Å². The van der Waals surface area contributed by atoms with Crippen molar-refractivity contribution in [1.82, 2.24) is 25.4 Å². The maximum absolute atomic E-state index is 12.1. The summed E-state index contributed by atoms with van der Waals surface area (Å²) in [6.45, 7) is 6.72. The van der Waals surface area contributed by atoms with Crippen molar-refractivity contribution < 1.29 is 9.90 Å². The molecule has 1 aromatic heterocycles. The summed E-state index contributed by atoms with van der Waals surface area (Å²) in [5.41, 5.74) is 0. The van der Waals surface area contributed by atoms with Crippen molar-refractivity contribution in [3.63, 3.8) is 0 Å². The molecule has 0 saturated carbocycles. The summed E-state index contributed by atoms with van der Waals surface area (Å²) in [7, 11) is 0. The summed E-state index contributed by atoms with van der Waals surface area (Å²) in [4.78, 5) is 16.6. The summed E-state index contributed by atoms with van der Waals surface area (Å²) < 4.78 is 1.90. The van der Waals surface area contributed by atoms with Gasteiger partial charge in [0.05, 0.1) is 6.04 Å². The van der Waals surface area contributed by atoms with E-state index in [2.05, 4.69) is 20.7 Å². The van der Waals surface area contributed by atoms with E-state index in [1.165, 1.54) is 0 Å². The first-order valence-corrected chi connectivity index (χ1v) is 7.66. The molecule has 0 spiro atoms. The van der Waals surface area contributed by atoms with E-state index in [9.17, 15) is 4.79 Å². The van der Waals surface area contributed by atoms with Crippen LogP contribution in [0.15, 0.2) is 0 Å². The van der Waals surface area contributed by atoms with Gasteiger partial charge in [0.25, 0.3) is 0 Å². The Balaban J connectivity index is 1.98. The number of nitrogens with zero attached hydrogens (tertiary/aromatic N) is 3. The molecule has 3 unspecified atom stereocenters. The standard InChI is InChI=1S/C14H25N5O2/c1-4-12-17-13-11(6-5-7-19(13)18-12)16-14(21)15-10(3)9(2)8-20/h9-11,20H,4-8H2,1-3H3,(H2,15,16,21). The Bertz CT molecular complexity index is 488. The van der Waals surface area contributed by atoms with Crippen LogP contribution in [-0.2, 0) is 13.0 Å². The van der Waals surface area contributed by atoms with Crippen LogP contribution in [0, 0.1) is 5.92 Å². The van der Waals surface area contributed by atoms with Gasteiger partial charge >= 0.3 is 6.03 Å². The molecule has 0 aromatic carbocycles. The Morgan fingerprint density at radius 3 is 2.95 bits per heavy atom. The fourth-order valence-electron chi connectivity index (χ4n) is 2.39. The number of aliphatic hydroxyl groups is 1. The molecule has 2 rings (SSSR count). The molecular weight excluding hydrogens is 270 g/mol. The zero-order valence-corrected chi connectivity index (χ0v) is 13.0. The van der Waals surface area contributed by atoms with Crippen LogP contribution >= 0.6 is 0 Å². The van der Waals surface area contributed by atoms with E-state index in [1.54, 1.807) is 0 Å². The van der Waals surface area contributed by atoms with Crippen molar-refractivity contribution in [1.29, 1.82) is 0 Å². The third-order valence-corrected chi connectivity index (χ3v) is 4.04. The van der Waals surface area contributed by atoms with Gasteiger partial charge in [0.2, 0.25) is 0 Å². The third-order valence-electron chi connectivity index (χ3n) is 4.04. The van der Waals surface area contributed by atoms with Crippen LogP contribution in [0.3, 0.4) is 0 Å². The molecule has 2 heterocycles. The molecule has 1 aromatic rings. The molecular formula is C14H25N5O2. The van der Waals surface area contributed by atoms with Crippen LogP contribution in [0.1, 0.15) is 51.3 Å². The maximum Gasteiger partial charge on any atom is 0.315 e. The van der Waals surface area contributed by atoms with Crippen molar-refractivity contribution in [2.24, 2.45) is 5.92 Å². The lowest BCUT2D eigenvalue weighted by molar-refractivity contribution is 0.197. The number of carbonyl (C=O) groups excluding carboxylic acids is 1. The maximum atomic E-state index is 12.1. The van der Waals surface area contributed by atoms with Gasteiger partial charge in [-0.3, -0.25) is 0 Å². The minimum atomic E-state index is -0.220. The molecule has 0 aliphatic carbocycles. The Kier molecular flexibility index (Phi) is 5.17. The number of hydrogen-bond acceptors (Lipinski definition) is 4. The van der Waals surface area contributed by atoms with Gasteiger partial charge in [-0.05, 0) is 25.7 Å². The van der Waals surface area contributed by atoms with Crippen LogP contribution in [0.2, 0.25) is 0 Å². The van der Waals surface area contributed by atoms with Crippen molar-refractivity contribution in [3.8, 4) is 0 Å². The largest absolute Gasteiger partial charge is 0.396 e. The van der Waals surface area contributed by atoms with Crippen LogP contribution < -0.4 is 10.6 Å². The molecule has 2 amide bonds. The van der Waals surface area contributed by atoms with Gasteiger partial charge < -0.3 is 15.7 Å². The monoisotopic (exact) mass is 295 g/mol. The molecule has 21 heavy (non-hydrogen) atoms. The molecule has 3 atom stereocenters. The number of nitrogens with one attached hydrogen (secondary N) is 2. The second-order valence-electron chi connectivity index (χ2n) is 5.72. The lowest BCUT2D eigenvalue weighted by atomic mass is 10.1. The summed E-state index contributed by atoms with van der Waals surface area (Å²) >= 11 is 0. The zero-order valence-electron chi connectivity index (χ0n) is 13.0. The van der Waals surface area contributed by atoms with Gasteiger partial charge in [-0.2, -0.15) is 5.10 Å². The molecule has 7 heteroatoms. The lowest BCUT2D eigenvalue weighted by Gasteiger charge is -2.25. The molecule has 0 saturated heterocycles. The van der Waals surface area contributed by atoms with E-state index in [1.807, 2.05) is 25.5 Å². The van der Waals surface area contributed by atoms with Gasteiger partial charge in [-0.1, -0.05) is 13.8 Å². The van der Waals surface area contributed by atoms with Crippen molar-refractivity contribution in [3.05, 3.63) is 11.6 Å². The topological polar surface area (TPSA) is 92.1 Å². The normalized spacial score (nSPS) is 20.5. The number of urea groups is 1. The molecule has 0 radical (unpaired) electrons. The number of fused-ring (bicyclic) bond motifs is 1. The van der Waals surface area contributed by atoms with E-state index < -0.39 is 0 Å². The second kappa shape index (κ2) is 6.89. The molecule has 0 fully saturated rings. The lowest BCUT2D eigenvalue weighted by Crippen LogP contribution is -2.46. The number of carbonyl (C=O) groups is 1. The highest BCUT2D eigenvalue weighted by atomic mass is 16.3. The third kappa shape index (κ3) is 3.72. The average Bonchev–Trinajstić information content (AvgIpc) is 2.90. The highest BCUT2D eigenvalue weighted by Crippen LogP contribution is 2.23. The minimum Gasteiger partial charge on any atom is -0.396 e. The smallest absolute Gasteiger partial charge is 0.315 e. The van der Waals surface area contributed by atoms with E-state index >= 15 is 0 Å². The first-order valence-electron chi connectivity index (χ1n) is 7.66. The summed E-state index contributed by atoms with van der Waals surface area (Å²) in [5, 5.41) is 19.4. The molecule has 7 nitrogen and oxygen atoms in total. The quantitative estimate of drug-likeness (QED) is 0.755. The van der Waals surface area contributed by atoms with Crippen LogP contribution in [0.4, 0.5) is 4.79 Å². The Labute approximate surface area is 125 Å². The average molecular weight is 295 g/mol. The minimum absolute atomic E-state index is 0.0254. The fourth-order valence-corrected chi connectivity index (χ4v) is 2.39. The van der Waals surface area contributed by atoms with Crippen LogP contribution in [-0.4, -0.2) is 38.6 Å². The van der Waals surface area contributed by atoms with Gasteiger partial charge in [0, 0.05) is 25.6 Å². The van der Waals surface area contributed by atoms with Crippen molar-refractivity contribution >= 4 is 6.03 Å². The fraction of sp³-hybridized carbons (Fsp3) is 0.786. The van der Waals surface area contributed by atoms with E-state index in [0.29, 0.717) is 0 Å². The van der Waals surface area contributed by atoms with Crippen molar-refractivity contribution in [2.75, 3.05) is 6.61 Å². The highest BCUT2D eigenvalue weighted by Gasteiger charge is 2.26. The molecule has 0 bridgehead atoms. The number of hydrogen-bond donors (Lipinski definition) is 3. The summed E-state index contributed by atoms with van der Waals surface area (Å²) in [6, 6.07) is -0.395. The summed E-state index contributed by atoms with van der Waals surface area (Å²) in [5.74, 6) is 1.69. The van der Waals surface area contributed by atoms with Gasteiger partial charge in [-0.25, -0.2) is 14.5 Å². The van der Waals surface area contributed by atoms with E-state index in [-0.39, 0.29) is 30.6 Å². The number of amides is 2. The predicted molar refractivity (Wildman–Crippen MR) is 78.8 cm³/mol. The molecule has 1 aliphatic heterocycles. The van der Waals surface area contributed by atoms with E-state index in [4.69, 9.17) is 5.11 Å². The van der Waals surface area contributed by atoms with E-state index in [0.717, 1.165) is 37.5 Å². The number of aryl methyl sites for hydroxylation is 2. The Morgan fingerprint density at radius 1 is 1.52 bits per heavy atom. The molecule has 3 N–H and O–H groups in total.